The fourth-order valence-electron chi connectivity index (χ4n) is 23.1. The van der Waals surface area contributed by atoms with Crippen LogP contribution >= 0.6 is 0 Å². The molecule has 0 aromatic heterocycles. The number of fused-ring (bicyclic) bond motifs is 2. The van der Waals surface area contributed by atoms with Crippen molar-refractivity contribution < 1.29 is 114 Å². The molecule has 10 atom stereocenters. The number of carbonyl (C=O) groups is 12. The van der Waals surface area contributed by atoms with Crippen molar-refractivity contribution in [1.82, 2.24) is 0 Å². The summed E-state index contributed by atoms with van der Waals surface area (Å²) in [6, 6.07) is 0. The Morgan fingerprint density at radius 1 is 0.266 bits per heavy atom. The fourth-order valence-corrected chi connectivity index (χ4v) is 23.1. The minimum Gasteiger partial charge on any atom is -0.462 e. The number of rotatable bonds is 34. The highest BCUT2D eigenvalue weighted by Crippen LogP contribution is 2.58. The second-order valence-corrected chi connectivity index (χ2v) is 51.9. The van der Waals surface area contributed by atoms with Gasteiger partial charge in [0.1, 0.15) is 53.4 Å². The molecule has 0 amide bonds. The molecule has 0 aromatic carbocycles. The van der Waals surface area contributed by atoms with Gasteiger partial charge in [0.2, 0.25) is 0 Å². The quantitative estimate of drug-likeness (QED) is 0.0427. The summed E-state index contributed by atoms with van der Waals surface area (Å²) >= 11 is 0. The van der Waals surface area contributed by atoms with Gasteiger partial charge in [0.25, 0.3) is 0 Å². The molecule has 12 fully saturated rings. The normalized spacial score (nSPS) is 26.0. The van der Waals surface area contributed by atoms with E-state index < -0.39 is 50.2 Å². The highest BCUT2D eigenvalue weighted by Gasteiger charge is 2.65. The Balaban J connectivity index is 0.000000257. The van der Waals surface area contributed by atoms with Crippen LogP contribution in [0.5, 0.6) is 0 Å². The van der Waals surface area contributed by atoms with E-state index in [0.29, 0.717) is 77.4 Å². The monoisotopic (exact) mass is 2020 g/mol. The van der Waals surface area contributed by atoms with Crippen molar-refractivity contribution in [3.63, 3.8) is 0 Å². The Bertz CT molecular complexity index is 3870. The molecule has 0 aromatic rings. The molecular weight excluding hydrogens is 1810 g/mol. The van der Waals surface area contributed by atoms with Crippen LogP contribution in [0.1, 0.15) is 491 Å². The summed E-state index contributed by atoms with van der Waals surface area (Å²) in [5, 5.41) is 0. The average molecular weight is 2020 g/mol. The van der Waals surface area contributed by atoms with Gasteiger partial charge in [-0.3, -0.25) is 43.2 Å². The van der Waals surface area contributed by atoms with Crippen LogP contribution < -0.4 is 0 Å². The fraction of sp³-hybridized carbons (Fsp3) is 0.899. The van der Waals surface area contributed by atoms with E-state index in [4.69, 9.17) is 56.8 Å². The molecule has 2 heterocycles. The van der Waals surface area contributed by atoms with Crippen LogP contribution in [-0.2, 0) is 114 Å². The molecular formula is C119H204O24. The van der Waals surface area contributed by atoms with Crippen molar-refractivity contribution in [1.29, 1.82) is 0 Å². The van der Waals surface area contributed by atoms with Crippen LogP contribution in [0.3, 0.4) is 0 Å². The lowest BCUT2D eigenvalue weighted by molar-refractivity contribution is -0.190. The van der Waals surface area contributed by atoms with E-state index in [1.54, 1.807) is 0 Å². The Kier molecular flexibility index (Phi) is 47.7. The summed E-state index contributed by atoms with van der Waals surface area (Å²) < 4.78 is 66.7. The molecule has 24 nitrogen and oxygen atoms in total. The Morgan fingerprint density at radius 3 is 0.797 bits per heavy atom. The molecule has 0 N–H and O–H groups in total. The third-order valence-electron chi connectivity index (χ3n) is 37.0. The average Bonchev–Trinajstić information content (AvgIpc) is 1.57. The summed E-state index contributed by atoms with van der Waals surface area (Å²) in [5.41, 5.74) is -3.73. The Labute approximate surface area is 865 Å². The van der Waals surface area contributed by atoms with Gasteiger partial charge in [-0.2, -0.15) is 0 Å². The van der Waals surface area contributed by atoms with Crippen LogP contribution in [-0.4, -0.2) is 145 Å². The van der Waals surface area contributed by atoms with E-state index in [1.165, 1.54) is 103 Å². The zero-order chi connectivity index (χ0) is 108. The number of ether oxygens (including phenoxy) is 12. The first-order valence-electron chi connectivity index (χ1n) is 57.0. The second kappa shape index (κ2) is 54.4. The van der Waals surface area contributed by atoms with Crippen molar-refractivity contribution in [2.75, 3.05) is 19.8 Å². The molecule has 2 saturated heterocycles. The zero-order valence-electron chi connectivity index (χ0n) is 96.0. The molecule has 10 aliphatic carbocycles. The second-order valence-electron chi connectivity index (χ2n) is 51.9. The predicted molar refractivity (Wildman–Crippen MR) is 558 cm³/mol. The first kappa shape index (κ1) is 125. The molecule has 12 aliphatic rings. The van der Waals surface area contributed by atoms with E-state index in [0.717, 1.165) is 160 Å². The number of carbonyl (C=O) groups excluding carboxylic acids is 12. The van der Waals surface area contributed by atoms with Crippen LogP contribution in [0.4, 0.5) is 0 Å². The van der Waals surface area contributed by atoms with Gasteiger partial charge in [0.05, 0.1) is 49.7 Å². The molecule has 4 bridgehead atoms. The minimum absolute atomic E-state index is 0.0239. The number of esters is 12. The van der Waals surface area contributed by atoms with Crippen molar-refractivity contribution in [2.24, 2.45) is 120 Å². The van der Waals surface area contributed by atoms with Crippen LogP contribution in [0.25, 0.3) is 0 Å². The number of hydrogen-bond donors (Lipinski definition) is 0. The lowest BCUT2D eigenvalue weighted by atomic mass is 9.65. The van der Waals surface area contributed by atoms with Gasteiger partial charge in [-0.25, -0.2) is 14.4 Å². The maximum atomic E-state index is 12.7. The van der Waals surface area contributed by atoms with Crippen LogP contribution in [0, 0.1) is 120 Å². The molecule has 12 rings (SSSR count). The van der Waals surface area contributed by atoms with Gasteiger partial charge in [0.15, 0.2) is 19.8 Å². The van der Waals surface area contributed by atoms with Crippen LogP contribution in [0.2, 0.25) is 0 Å². The molecule has 0 radical (unpaired) electrons. The predicted octanol–water partition coefficient (Wildman–Crippen LogP) is 27.3. The standard InChI is InChI=1S/C23H40O4.C19H34O4.C17H30O4.2C16H30O2.2C14H20O4/c1-5-22(3,4)21(25)26-17-20(24)27-23(6-2,18-13-9-7-10-14-18)19-15-11-8-12-16-19;1-6-18(4,5)17(21)22-14-16(20)23-19(7-2,8-3)15-12-10-9-11-13-15;1-6-16(2,3)15(19)20-12-14(18)21-17(4,5)13-10-8-7-9-11-13;2*1-7-16(5,6)14(17)18-13-10-8-12(9-11-13)15(2,3)4;2*1-4-14(2,3)13(16)18-10-7-5-8-9(6-7)12(15)17-11(8)10/h18-19H,5-17H2,1-4H3;15H,6-14H2,1-5H3;13H,6-12H2,1-5H3;2*12-13H,7-11H2,1-6H3;2*7-11H,4-6H2,1-3H3. The largest absolute Gasteiger partial charge is 0.462 e. The van der Waals surface area contributed by atoms with E-state index in [-0.39, 0.29) is 144 Å². The summed E-state index contributed by atoms with van der Waals surface area (Å²) in [4.78, 5) is 144. The van der Waals surface area contributed by atoms with Gasteiger partial charge in [-0.1, -0.05) is 188 Å². The van der Waals surface area contributed by atoms with Gasteiger partial charge in [0, 0.05) is 23.7 Å². The van der Waals surface area contributed by atoms with E-state index >= 15 is 0 Å². The summed E-state index contributed by atoms with van der Waals surface area (Å²) in [7, 11) is 0. The molecule has 2 aliphatic heterocycles. The molecule has 10 unspecified atom stereocenters. The van der Waals surface area contributed by atoms with Gasteiger partial charge in [-0.15, -0.1) is 0 Å². The smallest absolute Gasteiger partial charge is 0.344 e. The van der Waals surface area contributed by atoms with Gasteiger partial charge < -0.3 is 56.8 Å². The third kappa shape index (κ3) is 34.9. The summed E-state index contributed by atoms with van der Waals surface area (Å²) in [5.74, 6) is 1.88. The molecule has 24 heteroatoms. The van der Waals surface area contributed by atoms with Crippen molar-refractivity contribution in [3.05, 3.63) is 0 Å². The van der Waals surface area contributed by atoms with E-state index in [1.807, 2.05) is 159 Å². The lowest BCUT2D eigenvalue weighted by Gasteiger charge is -2.48. The van der Waals surface area contributed by atoms with Gasteiger partial charge in [-0.05, 0) is 350 Å². The summed E-state index contributed by atoms with van der Waals surface area (Å²) in [6.45, 7) is 63.5. The SMILES string of the molecule is CCC(C)(C)C(=O)OC1C2CC3C(=O)OC1C3C2.CCC(C)(C)C(=O)OC1C2CC3C(=O)OC1C3C2.CCC(C)(C)C(=O)OC1CCC(C(C)(C)C)CC1.CCC(C)(C)C(=O)OC1CCC(C(C)(C)C)CC1.CCC(C)(C)C(=O)OCC(=O)OC(C)(C)C1CCCCC1.CCC(C)(C)C(=O)OCC(=O)OC(CC)(C1CCCCC1)C1CCCCC1.CCC(C)(C)C(=O)OCC(=O)OC(CC)(CC)C1CCCCC1. The molecule has 0 spiro atoms. The van der Waals surface area contributed by atoms with Crippen molar-refractivity contribution in [2.45, 2.75) is 545 Å². The minimum atomic E-state index is -0.561. The highest BCUT2D eigenvalue weighted by atomic mass is 16.6. The molecule has 10 saturated carbocycles. The molecule has 824 valence electrons. The highest BCUT2D eigenvalue weighted by molar-refractivity contribution is 5.83. The number of hydrogen-bond acceptors (Lipinski definition) is 24. The first-order chi connectivity index (χ1) is 66.6. The Hall–Kier alpha value is -6.36. The van der Waals surface area contributed by atoms with E-state index in [2.05, 4.69) is 62.3 Å². The lowest BCUT2D eigenvalue weighted by Crippen LogP contribution is -2.50. The summed E-state index contributed by atoms with van der Waals surface area (Å²) in [6.07, 6.45) is 43.7. The maximum Gasteiger partial charge on any atom is 0.344 e. The maximum absolute atomic E-state index is 12.7. The molecule has 143 heavy (non-hydrogen) atoms. The Morgan fingerprint density at radius 2 is 0.524 bits per heavy atom. The topological polar surface area (TPSA) is 316 Å². The van der Waals surface area contributed by atoms with Gasteiger partial charge >= 0.3 is 71.6 Å². The first-order valence-corrected chi connectivity index (χ1v) is 57.0. The van der Waals surface area contributed by atoms with Crippen molar-refractivity contribution >= 4 is 71.6 Å². The van der Waals surface area contributed by atoms with E-state index in [9.17, 15) is 57.5 Å². The third-order valence-corrected chi connectivity index (χ3v) is 37.0. The van der Waals surface area contributed by atoms with Crippen molar-refractivity contribution in [3.8, 4) is 0 Å². The zero-order valence-corrected chi connectivity index (χ0v) is 96.0. The van der Waals surface area contributed by atoms with Crippen LogP contribution in [0.15, 0.2) is 0 Å².